The number of nitriles is 1. The second kappa shape index (κ2) is 7.42. The predicted molar refractivity (Wildman–Crippen MR) is 76.9 cm³/mol. The monoisotopic (exact) mass is 259 g/mol. The number of carbonyl (C=O) groups excluding carboxylic acids is 1. The van der Waals surface area contributed by atoms with Gasteiger partial charge in [-0.2, -0.15) is 5.26 Å². The van der Waals surface area contributed by atoms with Crippen LogP contribution >= 0.6 is 0 Å². The van der Waals surface area contributed by atoms with Crippen molar-refractivity contribution in [2.45, 2.75) is 32.7 Å². The zero-order chi connectivity index (χ0) is 14.3. The lowest BCUT2D eigenvalue weighted by atomic mass is 10.2. The predicted octanol–water partition coefficient (Wildman–Crippen LogP) is 2.30. The van der Waals surface area contributed by atoms with Gasteiger partial charge in [0, 0.05) is 18.8 Å². The number of nitrogens with one attached hydrogen (secondary N) is 1. The number of anilines is 1. The van der Waals surface area contributed by atoms with Crippen molar-refractivity contribution in [2.75, 3.05) is 18.5 Å². The van der Waals surface area contributed by atoms with E-state index >= 15 is 0 Å². The normalized spacial score (nSPS) is 11.5. The van der Waals surface area contributed by atoms with Gasteiger partial charge in [0.05, 0.1) is 18.2 Å². The molecular formula is C15H21N3O. The molecule has 0 heterocycles. The summed E-state index contributed by atoms with van der Waals surface area (Å²) in [5, 5.41) is 11.7. The highest BCUT2D eigenvalue weighted by atomic mass is 16.2. The van der Waals surface area contributed by atoms with Crippen LogP contribution in [-0.4, -0.2) is 25.5 Å². The summed E-state index contributed by atoms with van der Waals surface area (Å²) < 4.78 is 0. The molecule has 1 atom stereocenters. The topological polar surface area (TPSA) is 56.1 Å². The molecule has 19 heavy (non-hydrogen) atoms. The highest BCUT2D eigenvalue weighted by molar-refractivity contribution is 5.81. The number of likely N-dealkylation sites (N-methyl/N-ethyl adjacent to an activating group) is 1. The summed E-state index contributed by atoms with van der Waals surface area (Å²) in [7, 11) is 1.87. The van der Waals surface area contributed by atoms with Crippen LogP contribution in [0.4, 0.5) is 5.69 Å². The number of rotatable bonds is 6. The first kappa shape index (κ1) is 15.0. The molecule has 0 fully saturated rings. The van der Waals surface area contributed by atoms with Gasteiger partial charge in [-0.05, 0) is 37.6 Å². The molecule has 1 amide bonds. The van der Waals surface area contributed by atoms with E-state index in [0.29, 0.717) is 12.1 Å². The number of amides is 1. The van der Waals surface area contributed by atoms with Crippen LogP contribution in [0.15, 0.2) is 24.3 Å². The Morgan fingerprint density at radius 2 is 2.05 bits per heavy atom. The molecule has 0 spiro atoms. The maximum atomic E-state index is 11.8. The average molecular weight is 259 g/mol. The van der Waals surface area contributed by atoms with Gasteiger partial charge in [0.15, 0.2) is 0 Å². The van der Waals surface area contributed by atoms with Crippen molar-refractivity contribution in [1.82, 2.24) is 5.32 Å². The van der Waals surface area contributed by atoms with E-state index < -0.39 is 0 Å². The molecule has 102 valence electrons. The average Bonchev–Trinajstić information content (AvgIpc) is 2.38. The molecule has 1 aromatic rings. The van der Waals surface area contributed by atoms with Crippen molar-refractivity contribution >= 4 is 11.6 Å². The SMILES string of the molecule is CCCC(C)NC(=O)CN(C)c1ccc(C#N)cc1. The van der Waals surface area contributed by atoms with Crippen LogP contribution in [-0.2, 0) is 4.79 Å². The van der Waals surface area contributed by atoms with Crippen molar-refractivity contribution < 1.29 is 4.79 Å². The Morgan fingerprint density at radius 1 is 1.42 bits per heavy atom. The first-order valence-corrected chi connectivity index (χ1v) is 6.57. The Balaban J connectivity index is 2.51. The molecule has 0 saturated carbocycles. The number of hydrogen-bond donors (Lipinski definition) is 1. The maximum absolute atomic E-state index is 11.8. The fourth-order valence-electron chi connectivity index (χ4n) is 1.92. The number of carbonyl (C=O) groups is 1. The van der Waals surface area contributed by atoms with Gasteiger partial charge in [-0.25, -0.2) is 0 Å². The molecule has 4 heteroatoms. The quantitative estimate of drug-likeness (QED) is 0.852. The first-order chi connectivity index (χ1) is 9.06. The summed E-state index contributed by atoms with van der Waals surface area (Å²) in [4.78, 5) is 13.7. The van der Waals surface area contributed by atoms with E-state index in [9.17, 15) is 4.79 Å². The third kappa shape index (κ3) is 5.01. The van der Waals surface area contributed by atoms with Crippen LogP contribution < -0.4 is 10.2 Å². The zero-order valence-corrected chi connectivity index (χ0v) is 11.8. The highest BCUT2D eigenvalue weighted by Gasteiger charge is 2.10. The molecule has 0 saturated heterocycles. The summed E-state index contributed by atoms with van der Waals surface area (Å²) in [6, 6.07) is 9.49. The second-order valence-electron chi connectivity index (χ2n) is 4.77. The third-order valence-electron chi connectivity index (χ3n) is 2.95. The third-order valence-corrected chi connectivity index (χ3v) is 2.95. The number of nitrogens with zero attached hydrogens (tertiary/aromatic N) is 2. The Bertz CT molecular complexity index is 447. The van der Waals surface area contributed by atoms with E-state index in [1.807, 2.05) is 31.0 Å². The minimum atomic E-state index is 0.0211. The molecule has 0 radical (unpaired) electrons. The molecule has 1 rings (SSSR count). The molecule has 1 N–H and O–H groups in total. The number of hydrogen-bond acceptors (Lipinski definition) is 3. The molecule has 0 aliphatic heterocycles. The molecular weight excluding hydrogens is 238 g/mol. The van der Waals surface area contributed by atoms with Crippen LogP contribution in [0.1, 0.15) is 32.3 Å². The highest BCUT2D eigenvalue weighted by Crippen LogP contribution is 2.12. The van der Waals surface area contributed by atoms with E-state index in [2.05, 4.69) is 18.3 Å². The molecule has 0 aromatic heterocycles. The lowest BCUT2D eigenvalue weighted by molar-refractivity contribution is -0.120. The Kier molecular flexibility index (Phi) is 5.87. The van der Waals surface area contributed by atoms with Crippen LogP contribution in [0.3, 0.4) is 0 Å². The van der Waals surface area contributed by atoms with Crippen molar-refractivity contribution in [3.8, 4) is 6.07 Å². The minimum absolute atomic E-state index is 0.0211. The summed E-state index contributed by atoms with van der Waals surface area (Å²) in [5.41, 5.74) is 1.55. The summed E-state index contributed by atoms with van der Waals surface area (Å²) in [6.45, 7) is 4.44. The molecule has 1 unspecified atom stereocenters. The first-order valence-electron chi connectivity index (χ1n) is 6.57. The van der Waals surface area contributed by atoms with E-state index in [-0.39, 0.29) is 11.9 Å². The lowest BCUT2D eigenvalue weighted by Gasteiger charge is -2.20. The second-order valence-corrected chi connectivity index (χ2v) is 4.77. The lowest BCUT2D eigenvalue weighted by Crippen LogP contribution is -2.39. The van der Waals surface area contributed by atoms with Gasteiger partial charge in [-0.3, -0.25) is 4.79 Å². The van der Waals surface area contributed by atoms with Crippen molar-refractivity contribution in [3.05, 3.63) is 29.8 Å². The Hall–Kier alpha value is -2.02. The minimum Gasteiger partial charge on any atom is -0.365 e. The van der Waals surface area contributed by atoms with Crippen LogP contribution in [0, 0.1) is 11.3 Å². The van der Waals surface area contributed by atoms with E-state index in [1.54, 1.807) is 12.1 Å². The molecule has 0 aliphatic rings. The van der Waals surface area contributed by atoms with Gasteiger partial charge in [0.2, 0.25) is 5.91 Å². The van der Waals surface area contributed by atoms with Gasteiger partial charge in [-0.15, -0.1) is 0 Å². The summed E-state index contributed by atoms with van der Waals surface area (Å²) in [6.07, 6.45) is 2.05. The van der Waals surface area contributed by atoms with Gasteiger partial charge in [0.1, 0.15) is 0 Å². The van der Waals surface area contributed by atoms with E-state index in [0.717, 1.165) is 18.5 Å². The fourth-order valence-corrected chi connectivity index (χ4v) is 1.92. The number of benzene rings is 1. The fraction of sp³-hybridized carbons (Fsp3) is 0.467. The molecule has 4 nitrogen and oxygen atoms in total. The maximum Gasteiger partial charge on any atom is 0.239 e. The van der Waals surface area contributed by atoms with Gasteiger partial charge in [0.25, 0.3) is 0 Å². The largest absolute Gasteiger partial charge is 0.365 e. The van der Waals surface area contributed by atoms with Crippen LogP contribution in [0.2, 0.25) is 0 Å². The van der Waals surface area contributed by atoms with Crippen molar-refractivity contribution in [2.24, 2.45) is 0 Å². The van der Waals surface area contributed by atoms with Crippen molar-refractivity contribution in [1.29, 1.82) is 5.26 Å². The van der Waals surface area contributed by atoms with E-state index in [4.69, 9.17) is 5.26 Å². The van der Waals surface area contributed by atoms with Gasteiger partial charge < -0.3 is 10.2 Å². The van der Waals surface area contributed by atoms with Crippen molar-refractivity contribution in [3.63, 3.8) is 0 Å². The molecule has 0 bridgehead atoms. The van der Waals surface area contributed by atoms with E-state index in [1.165, 1.54) is 0 Å². The smallest absolute Gasteiger partial charge is 0.239 e. The van der Waals surface area contributed by atoms with Crippen LogP contribution in [0.25, 0.3) is 0 Å². The molecule has 1 aromatic carbocycles. The Labute approximate surface area is 115 Å². The zero-order valence-electron chi connectivity index (χ0n) is 11.8. The summed E-state index contributed by atoms with van der Waals surface area (Å²) >= 11 is 0. The molecule has 0 aliphatic carbocycles. The Morgan fingerprint density at radius 3 is 2.58 bits per heavy atom. The van der Waals surface area contributed by atoms with Crippen LogP contribution in [0.5, 0.6) is 0 Å². The van der Waals surface area contributed by atoms with Gasteiger partial charge in [-0.1, -0.05) is 13.3 Å². The standard InChI is InChI=1S/C15H21N3O/c1-4-5-12(2)17-15(19)11-18(3)14-8-6-13(10-16)7-9-14/h6-9,12H,4-5,11H2,1-3H3,(H,17,19). The van der Waals surface area contributed by atoms with Gasteiger partial charge >= 0.3 is 0 Å². The summed E-state index contributed by atoms with van der Waals surface area (Å²) in [5.74, 6) is 0.0211.